The molecule has 10 heteroatoms. The Morgan fingerprint density at radius 3 is 2.48 bits per heavy atom. The fraction of sp³-hybridized carbons (Fsp3) is 0.133. The summed E-state index contributed by atoms with van der Waals surface area (Å²) in [6.07, 6.45) is 0. The van der Waals surface area contributed by atoms with Gasteiger partial charge in [0.2, 0.25) is 5.00 Å². The molecule has 0 spiro atoms. The van der Waals surface area contributed by atoms with Gasteiger partial charge < -0.3 is 10.0 Å². The van der Waals surface area contributed by atoms with E-state index < -0.39 is 27.7 Å². The molecule has 6 rings (SSSR count). The monoisotopic (exact) mass is 571 g/mol. The first-order valence-electron chi connectivity index (χ1n) is 12.4. The Balaban J connectivity index is 1.66. The van der Waals surface area contributed by atoms with E-state index in [9.17, 15) is 22.7 Å². The number of aliphatic carboxylic acids is 1. The van der Waals surface area contributed by atoms with E-state index in [1.54, 1.807) is 47.8 Å². The first-order valence-corrected chi connectivity index (χ1v) is 14.7. The van der Waals surface area contributed by atoms with Crippen molar-refractivity contribution >= 4 is 48.9 Å². The SMILES string of the molecule is [C-]#[N+]c1cc(-c2c(-c3cccc(N4CC(C(=O)O)C4)c3)n(S(=O)(=O)c3ccc(C)cc3)c3ccc(F)cc23)cs1. The Hall–Kier alpha value is -4.46. The van der Waals surface area contributed by atoms with Crippen molar-refractivity contribution in [1.29, 1.82) is 0 Å². The second kappa shape index (κ2) is 9.62. The van der Waals surface area contributed by atoms with Crippen molar-refractivity contribution in [2.45, 2.75) is 11.8 Å². The van der Waals surface area contributed by atoms with Crippen molar-refractivity contribution in [1.82, 2.24) is 3.97 Å². The lowest BCUT2D eigenvalue weighted by Crippen LogP contribution is -2.50. The molecular weight excluding hydrogens is 549 g/mol. The summed E-state index contributed by atoms with van der Waals surface area (Å²) in [7, 11) is -4.16. The predicted molar refractivity (Wildman–Crippen MR) is 154 cm³/mol. The van der Waals surface area contributed by atoms with Crippen molar-refractivity contribution in [2.75, 3.05) is 18.0 Å². The lowest BCUT2D eigenvalue weighted by molar-refractivity contribution is -0.142. The van der Waals surface area contributed by atoms with Crippen LogP contribution in [0.3, 0.4) is 0 Å². The molecular formula is C30H22FN3O4S2. The lowest BCUT2D eigenvalue weighted by Gasteiger charge is -2.38. The molecule has 2 aromatic heterocycles. The van der Waals surface area contributed by atoms with Crippen LogP contribution in [0.5, 0.6) is 0 Å². The molecule has 0 amide bonds. The van der Waals surface area contributed by atoms with Crippen LogP contribution >= 0.6 is 11.3 Å². The Morgan fingerprint density at radius 1 is 1.05 bits per heavy atom. The van der Waals surface area contributed by atoms with Crippen molar-refractivity contribution in [3.63, 3.8) is 0 Å². The standard InChI is InChI=1S/C30H22FN3O4S2/c1-18-6-9-24(10-7-18)40(37,38)34-26-11-8-22(31)14-25(26)28(20-13-27(32-2)39-17-20)29(34)19-4-3-5-23(12-19)33-15-21(16-33)30(35)36/h3-14,17,21H,15-16H2,1H3,(H,35,36). The molecule has 0 saturated carbocycles. The summed E-state index contributed by atoms with van der Waals surface area (Å²) >= 11 is 1.23. The smallest absolute Gasteiger partial charge is 0.310 e. The van der Waals surface area contributed by atoms with Crippen LogP contribution < -0.4 is 4.90 Å². The number of rotatable bonds is 6. The van der Waals surface area contributed by atoms with Gasteiger partial charge in [-0.3, -0.25) is 4.79 Å². The number of anilines is 1. The Kier molecular flexibility index (Phi) is 6.21. The predicted octanol–water partition coefficient (Wildman–Crippen LogP) is 6.79. The third-order valence-electron chi connectivity index (χ3n) is 7.15. The van der Waals surface area contributed by atoms with Gasteiger partial charge in [-0.25, -0.2) is 21.6 Å². The summed E-state index contributed by atoms with van der Waals surface area (Å²) in [6.45, 7) is 10.0. The minimum atomic E-state index is -4.16. The summed E-state index contributed by atoms with van der Waals surface area (Å²) < 4.78 is 44.5. The number of aromatic nitrogens is 1. The van der Waals surface area contributed by atoms with E-state index in [4.69, 9.17) is 6.57 Å². The van der Waals surface area contributed by atoms with Crippen molar-refractivity contribution in [3.05, 3.63) is 101 Å². The Bertz CT molecular complexity index is 1950. The summed E-state index contributed by atoms with van der Waals surface area (Å²) in [6, 6.07) is 19.5. The average Bonchev–Trinajstić information content (AvgIpc) is 3.50. The van der Waals surface area contributed by atoms with Crippen molar-refractivity contribution in [3.8, 4) is 22.4 Å². The number of thiophene rings is 1. The van der Waals surface area contributed by atoms with E-state index in [2.05, 4.69) is 4.85 Å². The topological polar surface area (TPSA) is 84.0 Å². The van der Waals surface area contributed by atoms with Gasteiger partial charge in [-0.05, 0) is 66.4 Å². The fourth-order valence-corrected chi connectivity index (χ4v) is 7.29. The molecule has 0 atom stereocenters. The molecule has 1 aliphatic rings. The zero-order valence-electron chi connectivity index (χ0n) is 21.2. The van der Waals surface area contributed by atoms with E-state index in [-0.39, 0.29) is 4.90 Å². The van der Waals surface area contributed by atoms with E-state index in [0.717, 1.165) is 11.3 Å². The third-order valence-corrected chi connectivity index (χ3v) is 9.70. The average molecular weight is 572 g/mol. The van der Waals surface area contributed by atoms with Gasteiger partial charge in [-0.15, -0.1) is 0 Å². The van der Waals surface area contributed by atoms with Gasteiger partial charge in [0.15, 0.2) is 0 Å². The number of carboxylic acid groups (broad SMARTS) is 1. The highest BCUT2D eigenvalue weighted by molar-refractivity contribution is 7.90. The second-order valence-electron chi connectivity index (χ2n) is 9.74. The van der Waals surface area contributed by atoms with Crippen LogP contribution in [-0.4, -0.2) is 36.6 Å². The zero-order valence-corrected chi connectivity index (χ0v) is 22.8. The highest BCUT2D eigenvalue weighted by Gasteiger charge is 2.34. The molecule has 7 nitrogen and oxygen atoms in total. The maximum atomic E-state index is 14.7. The second-order valence-corrected chi connectivity index (χ2v) is 12.4. The summed E-state index contributed by atoms with van der Waals surface area (Å²) in [5.41, 5.74) is 3.99. The molecule has 3 heterocycles. The summed E-state index contributed by atoms with van der Waals surface area (Å²) in [4.78, 5) is 16.9. The molecule has 0 aliphatic carbocycles. The number of halogens is 1. The van der Waals surface area contributed by atoms with Gasteiger partial charge in [0.25, 0.3) is 10.0 Å². The molecule has 40 heavy (non-hydrogen) atoms. The molecule has 0 radical (unpaired) electrons. The van der Waals surface area contributed by atoms with E-state index in [0.29, 0.717) is 51.4 Å². The maximum absolute atomic E-state index is 14.7. The van der Waals surface area contributed by atoms with Crippen LogP contribution in [0, 0.1) is 25.2 Å². The van der Waals surface area contributed by atoms with Gasteiger partial charge in [0.1, 0.15) is 5.82 Å². The highest BCUT2D eigenvalue weighted by Crippen LogP contribution is 2.46. The van der Waals surface area contributed by atoms with Gasteiger partial charge in [0.05, 0.1) is 28.6 Å². The zero-order chi connectivity index (χ0) is 28.2. The Labute approximate surface area is 234 Å². The third kappa shape index (κ3) is 4.24. The number of carbonyl (C=O) groups is 1. The van der Waals surface area contributed by atoms with Crippen LogP contribution in [0.1, 0.15) is 5.56 Å². The van der Waals surface area contributed by atoms with Gasteiger partial charge >= 0.3 is 5.97 Å². The number of nitrogens with zero attached hydrogens (tertiary/aromatic N) is 3. The fourth-order valence-electron chi connectivity index (χ4n) is 5.06. The van der Waals surface area contributed by atoms with E-state index in [1.165, 1.54) is 33.5 Å². The minimum absolute atomic E-state index is 0.0856. The molecule has 1 saturated heterocycles. The number of benzene rings is 3. The van der Waals surface area contributed by atoms with Crippen LogP contribution in [0.2, 0.25) is 0 Å². The number of carboxylic acids is 1. The minimum Gasteiger partial charge on any atom is -0.481 e. The summed E-state index contributed by atoms with van der Waals surface area (Å²) in [5, 5.41) is 11.9. The molecule has 1 aliphatic heterocycles. The molecule has 0 bridgehead atoms. The van der Waals surface area contributed by atoms with Crippen LogP contribution in [0.25, 0.3) is 38.1 Å². The molecule has 1 fully saturated rings. The highest BCUT2D eigenvalue weighted by atomic mass is 32.2. The first-order chi connectivity index (χ1) is 19.2. The number of fused-ring (bicyclic) bond motifs is 1. The summed E-state index contributed by atoms with van der Waals surface area (Å²) in [5.74, 6) is -1.83. The molecule has 1 N–H and O–H groups in total. The van der Waals surface area contributed by atoms with E-state index in [1.807, 2.05) is 24.0 Å². The van der Waals surface area contributed by atoms with Crippen LogP contribution in [0.15, 0.2) is 83.1 Å². The van der Waals surface area contributed by atoms with Crippen LogP contribution in [-0.2, 0) is 14.8 Å². The van der Waals surface area contributed by atoms with Crippen molar-refractivity contribution < 1.29 is 22.7 Å². The number of hydrogen-bond donors (Lipinski definition) is 1. The number of hydrogen-bond acceptors (Lipinski definition) is 5. The largest absolute Gasteiger partial charge is 0.481 e. The molecule has 3 aromatic carbocycles. The van der Waals surface area contributed by atoms with Gasteiger partial charge in [0, 0.05) is 35.3 Å². The van der Waals surface area contributed by atoms with Gasteiger partial charge in [-0.1, -0.05) is 29.8 Å². The van der Waals surface area contributed by atoms with Crippen molar-refractivity contribution in [2.24, 2.45) is 5.92 Å². The normalized spacial score (nSPS) is 13.8. The first kappa shape index (κ1) is 25.8. The Morgan fingerprint density at radius 2 is 1.80 bits per heavy atom. The number of aryl methyl sites for hydroxylation is 1. The molecule has 5 aromatic rings. The van der Waals surface area contributed by atoms with Gasteiger partial charge in [-0.2, -0.15) is 11.3 Å². The van der Waals surface area contributed by atoms with E-state index >= 15 is 0 Å². The molecule has 200 valence electrons. The lowest BCUT2D eigenvalue weighted by atomic mass is 9.97. The van der Waals surface area contributed by atoms with Crippen LogP contribution in [0.4, 0.5) is 15.1 Å². The molecule has 0 unspecified atom stereocenters. The quantitative estimate of drug-likeness (QED) is 0.227. The maximum Gasteiger partial charge on any atom is 0.310 e.